The zero-order valence-corrected chi connectivity index (χ0v) is 22.1. The molecule has 0 saturated heterocycles. The molecule has 3 aromatic carbocycles. The maximum atomic E-state index is 12.5. The molecule has 35 heavy (non-hydrogen) atoms. The number of ether oxygens (including phenoxy) is 2. The molecule has 4 rings (SSSR count). The van der Waals surface area contributed by atoms with Crippen molar-refractivity contribution in [2.24, 2.45) is 5.10 Å². The smallest absolute Gasteiger partial charge is 0.271 e. The van der Waals surface area contributed by atoms with E-state index in [0.29, 0.717) is 17.9 Å². The van der Waals surface area contributed by atoms with Gasteiger partial charge in [0.15, 0.2) is 0 Å². The van der Waals surface area contributed by atoms with Crippen molar-refractivity contribution in [2.45, 2.75) is 26.4 Å². The summed E-state index contributed by atoms with van der Waals surface area (Å²) in [4.78, 5) is 12.5. The second-order valence-corrected chi connectivity index (χ2v) is 9.51. The second-order valence-electron chi connectivity index (χ2n) is 8.35. The highest BCUT2D eigenvalue weighted by Gasteiger charge is 2.23. The van der Waals surface area contributed by atoms with Crippen molar-refractivity contribution in [3.63, 3.8) is 0 Å². The summed E-state index contributed by atoms with van der Waals surface area (Å²) in [6.45, 7) is 4.76. The summed E-state index contributed by atoms with van der Waals surface area (Å²) in [6.07, 6.45) is 3.82. The Morgan fingerprint density at radius 2 is 1.80 bits per heavy atom. The highest BCUT2D eigenvalue weighted by Crippen LogP contribution is 2.39. The zero-order chi connectivity index (χ0) is 24.8. The van der Waals surface area contributed by atoms with Crippen LogP contribution in [-0.2, 0) is 6.61 Å². The number of carbonyl (C=O) groups excluding carboxylic acids is 1. The fraction of sp³-hybridized carbons (Fsp3) is 0.172. The minimum atomic E-state index is -0.282. The van der Waals surface area contributed by atoms with Crippen molar-refractivity contribution in [3.8, 4) is 11.5 Å². The molecule has 1 aliphatic carbocycles. The van der Waals surface area contributed by atoms with Crippen molar-refractivity contribution in [1.82, 2.24) is 5.43 Å². The summed E-state index contributed by atoms with van der Waals surface area (Å²) in [5, 5.41) is 4.20. The standard InChI is InChI=1S/C29H27IN2O3/c1-19-15-24(17-31-32-29(33)23-11-14-26(30)27(16-23)34-3)20(2)28(19)22-9-12-25(13-10-22)35-18-21-7-5-4-6-8-21/h4-17,28H,18H2,1-3H3,(H,32,33)/b31-17-/t28-/m0/s1. The first-order valence-corrected chi connectivity index (χ1v) is 12.4. The van der Waals surface area contributed by atoms with E-state index in [0.717, 1.165) is 20.5 Å². The van der Waals surface area contributed by atoms with E-state index in [9.17, 15) is 4.79 Å². The predicted octanol–water partition coefficient (Wildman–Crippen LogP) is 6.65. The quantitative estimate of drug-likeness (QED) is 0.185. The SMILES string of the molecule is COc1cc(C(=O)N/N=C\C2=C(C)[C@@H](c3ccc(OCc4ccccc4)cc3)C(C)=C2)ccc1I. The Balaban J connectivity index is 1.40. The van der Waals surface area contributed by atoms with E-state index in [2.05, 4.69) is 77.3 Å². The molecule has 0 fully saturated rings. The summed E-state index contributed by atoms with van der Waals surface area (Å²) in [5.74, 6) is 1.40. The third-order valence-corrected chi connectivity index (χ3v) is 6.86. The van der Waals surface area contributed by atoms with Gasteiger partial charge in [0.25, 0.3) is 5.91 Å². The first-order chi connectivity index (χ1) is 17.0. The van der Waals surface area contributed by atoms with Crippen LogP contribution < -0.4 is 14.9 Å². The van der Waals surface area contributed by atoms with Crippen molar-refractivity contribution in [2.75, 3.05) is 7.11 Å². The first-order valence-electron chi connectivity index (χ1n) is 11.3. The molecule has 1 amide bonds. The molecule has 6 heteroatoms. The van der Waals surface area contributed by atoms with Crippen molar-refractivity contribution in [3.05, 3.63) is 116 Å². The zero-order valence-electron chi connectivity index (χ0n) is 19.9. The number of methoxy groups -OCH3 is 1. The molecule has 0 aliphatic heterocycles. The van der Waals surface area contributed by atoms with Gasteiger partial charge >= 0.3 is 0 Å². The van der Waals surface area contributed by atoms with E-state index in [1.807, 2.05) is 36.4 Å². The van der Waals surface area contributed by atoms with Gasteiger partial charge in [0, 0.05) is 11.5 Å². The van der Waals surface area contributed by atoms with Crippen molar-refractivity contribution < 1.29 is 14.3 Å². The molecule has 0 radical (unpaired) electrons. The number of nitrogens with one attached hydrogen (secondary N) is 1. The van der Waals surface area contributed by atoms with Crippen molar-refractivity contribution in [1.29, 1.82) is 0 Å². The topological polar surface area (TPSA) is 59.9 Å². The van der Waals surface area contributed by atoms with Crippen LogP contribution in [0.15, 0.2) is 101 Å². The van der Waals surface area contributed by atoms with E-state index < -0.39 is 0 Å². The summed E-state index contributed by atoms with van der Waals surface area (Å²) < 4.78 is 12.2. The van der Waals surface area contributed by atoms with Gasteiger partial charge in [0.05, 0.1) is 16.9 Å². The van der Waals surface area contributed by atoms with Gasteiger partial charge in [-0.3, -0.25) is 4.79 Å². The average molecular weight is 578 g/mol. The number of hydrazone groups is 1. The van der Waals surface area contributed by atoms with Gasteiger partial charge in [-0.15, -0.1) is 0 Å². The Kier molecular flexibility index (Phi) is 8.02. The van der Waals surface area contributed by atoms with Crippen LogP contribution in [0.5, 0.6) is 11.5 Å². The van der Waals surface area contributed by atoms with E-state index in [4.69, 9.17) is 9.47 Å². The minimum absolute atomic E-state index is 0.177. The van der Waals surface area contributed by atoms with Crippen LogP contribution in [0.4, 0.5) is 0 Å². The van der Waals surface area contributed by atoms with Gasteiger partial charge in [0.2, 0.25) is 0 Å². The lowest BCUT2D eigenvalue weighted by Crippen LogP contribution is -2.17. The lowest BCUT2D eigenvalue weighted by atomic mass is 9.89. The van der Waals surface area contributed by atoms with Gasteiger partial charge in [0.1, 0.15) is 18.1 Å². The summed E-state index contributed by atoms with van der Waals surface area (Å²) in [6, 6.07) is 23.7. The number of hydrogen-bond acceptors (Lipinski definition) is 4. The molecule has 1 aliphatic rings. The molecule has 0 aromatic heterocycles. The Bertz CT molecular complexity index is 1300. The van der Waals surface area contributed by atoms with E-state index in [-0.39, 0.29) is 11.8 Å². The number of carbonyl (C=O) groups is 1. The summed E-state index contributed by atoms with van der Waals surface area (Å²) >= 11 is 2.17. The van der Waals surface area contributed by atoms with Crippen molar-refractivity contribution >= 4 is 34.7 Å². The van der Waals surface area contributed by atoms with E-state index in [1.54, 1.807) is 25.5 Å². The molecule has 0 unspecified atom stereocenters. The highest BCUT2D eigenvalue weighted by molar-refractivity contribution is 14.1. The number of amides is 1. The molecule has 0 heterocycles. The fourth-order valence-corrected chi connectivity index (χ4v) is 4.68. The van der Waals surface area contributed by atoms with Crippen LogP contribution in [0.25, 0.3) is 0 Å². The number of halogens is 1. The Hall–Kier alpha value is -3.39. The molecule has 0 bridgehead atoms. The molecule has 0 spiro atoms. The van der Waals surface area contributed by atoms with Gasteiger partial charge in [-0.2, -0.15) is 5.10 Å². The maximum Gasteiger partial charge on any atom is 0.271 e. The predicted molar refractivity (Wildman–Crippen MR) is 148 cm³/mol. The van der Waals surface area contributed by atoms with Gasteiger partial charge in [-0.25, -0.2) is 5.43 Å². The maximum absolute atomic E-state index is 12.5. The van der Waals surface area contributed by atoms with E-state index >= 15 is 0 Å². The summed E-state index contributed by atoms with van der Waals surface area (Å²) in [7, 11) is 1.59. The third kappa shape index (κ3) is 6.00. The molecular formula is C29H27IN2O3. The van der Waals surface area contributed by atoms with Gasteiger partial charge < -0.3 is 9.47 Å². The number of benzene rings is 3. The first kappa shape index (κ1) is 24.7. The van der Waals surface area contributed by atoms with Crippen LogP contribution in [0.3, 0.4) is 0 Å². The number of allylic oxidation sites excluding steroid dienone is 4. The molecule has 3 aromatic rings. The van der Waals surface area contributed by atoms with Gasteiger partial charge in [-0.05, 0) is 83.5 Å². The van der Waals surface area contributed by atoms with E-state index in [1.165, 1.54) is 16.7 Å². The molecule has 178 valence electrons. The molecule has 1 N–H and O–H groups in total. The molecule has 0 saturated carbocycles. The third-order valence-electron chi connectivity index (χ3n) is 5.97. The van der Waals surface area contributed by atoms with Crippen LogP contribution >= 0.6 is 22.6 Å². The monoisotopic (exact) mass is 578 g/mol. The Morgan fingerprint density at radius 3 is 2.51 bits per heavy atom. The Morgan fingerprint density at radius 1 is 1.06 bits per heavy atom. The lowest BCUT2D eigenvalue weighted by Gasteiger charge is -2.16. The average Bonchev–Trinajstić information content (AvgIpc) is 3.16. The number of nitrogens with zero attached hydrogens (tertiary/aromatic N) is 1. The summed E-state index contributed by atoms with van der Waals surface area (Å²) in [5.41, 5.74) is 8.87. The van der Waals surface area contributed by atoms with Crippen LogP contribution in [-0.4, -0.2) is 19.2 Å². The largest absolute Gasteiger partial charge is 0.496 e. The Labute approximate surface area is 219 Å². The molecular weight excluding hydrogens is 551 g/mol. The van der Waals surface area contributed by atoms with Crippen LogP contribution in [0, 0.1) is 3.57 Å². The fourth-order valence-electron chi connectivity index (χ4n) is 4.13. The normalized spacial score (nSPS) is 15.3. The number of hydrogen-bond donors (Lipinski definition) is 1. The minimum Gasteiger partial charge on any atom is -0.496 e. The highest BCUT2D eigenvalue weighted by atomic mass is 127. The van der Waals surface area contributed by atoms with Crippen LogP contribution in [0.2, 0.25) is 0 Å². The van der Waals surface area contributed by atoms with Crippen LogP contribution in [0.1, 0.15) is 41.3 Å². The lowest BCUT2D eigenvalue weighted by molar-refractivity contribution is 0.0954. The number of rotatable bonds is 8. The van der Waals surface area contributed by atoms with Gasteiger partial charge in [-0.1, -0.05) is 59.7 Å². The molecule has 5 nitrogen and oxygen atoms in total. The second kappa shape index (κ2) is 11.4. The molecule has 1 atom stereocenters.